The number of hydrogen-bond donors (Lipinski definition) is 2. The van der Waals surface area contributed by atoms with Crippen molar-refractivity contribution in [3.63, 3.8) is 0 Å². The summed E-state index contributed by atoms with van der Waals surface area (Å²) in [5.74, 6) is -1.33. The molecule has 6 heteroatoms. The summed E-state index contributed by atoms with van der Waals surface area (Å²) < 4.78 is 0. The number of hydrazine groups is 1. The fraction of sp³-hybridized carbons (Fsp3) is 0.318. The second-order valence-electron chi connectivity index (χ2n) is 6.92. The Labute approximate surface area is 164 Å². The summed E-state index contributed by atoms with van der Waals surface area (Å²) >= 11 is 0. The highest BCUT2D eigenvalue weighted by atomic mass is 16.2. The van der Waals surface area contributed by atoms with Gasteiger partial charge in [0.15, 0.2) is 0 Å². The molecule has 0 spiro atoms. The van der Waals surface area contributed by atoms with Crippen LogP contribution < -0.4 is 15.8 Å². The van der Waals surface area contributed by atoms with Crippen molar-refractivity contribution in [2.24, 2.45) is 5.92 Å². The number of rotatable bonds is 5. The minimum absolute atomic E-state index is 0.0918. The van der Waals surface area contributed by atoms with Crippen molar-refractivity contribution in [1.29, 1.82) is 0 Å². The van der Waals surface area contributed by atoms with Crippen LogP contribution in [0.25, 0.3) is 0 Å². The second kappa shape index (κ2) is 8.69. The zero-order valence-electron chi connectivity index (χ0n) is 16.2. The van der Waals surface area contributed by atoms with Crippen molar-refractivity contribution >= 4 is 23.4 Å². The molecule has 2 aromatic rings. The third-order valence-electron chi connectivity index (χ3n) is 5.08. The van der Waals surface area contributed by atoms with E-state index < -0.39 is 5.92 Å². The molecule has 1 aliphatic heterocycles. The van der Waals surface area contributed by atoms with Crippen LogP contribution in [0, 0.1) is 5.92 Å². The highest BCUT2D eigenvalue weighted by Crippen LogP contribution is 2.25. The average Bonchev–Trinajstić information content (AvgIpc) is 3.13. The Morgan fingerprint density at radius 1 is 0.929 bits per heavy atom. The highest BCUT2D eigenvalue weighted by Gasteiger charge is 2.35. The Balaban J connectivity index is 1.55. The monoisotopic (exact) mass is 379 g/mol. The van der Waals surface area contributed by atoms with E-state index in [-0.39, 0.29) is 24.1 Å². The lowest BCUT2D eigenvalue weighted by molar-refractivity contribution is -0.126. The molecule has 0 aliphatic carbocycles. The van der Waals surface area contributed by atoms with Gasteiger partial charge >= 0.3 is 0 Å². The first-order chi connectivity index (χ1) is 13.5. The lowest BCUT2D eigenvalue weighted by Crippen LogP contribution is -2.45. The van der Waals surface area contributed by atoms with Crippen LogP contribution in [0.1, 0.15) is 41.8 Å². The molecule has 1 saturated heterocycles. The van der Waals surface area contributed by atoms with E-state index >= 15 is 0 Å². The van der Waals surface area contributed by atoms with Crippen LogP contribution in [0.15, 0.2) is 48.5 Å². The van der Waals surface area contributed by atoms with Crippen LogP contribution in [0.2, 0.25) is 0 Å². The van der Waals surface area contributed by atoms with E-state index in [1.807, 2.05) is 43.3 Å². The molecule has 0 saturated carbocycles. The molecular weight excluding hydrogens is 354 g/mol. The van der Waals surface area contributed by atoms with Gasteiger partial charge in [-0.05, 0) is 48.2 Å². The van der Waals surface area contributed by atoms with Crippen molar-refractivity contribution in [3.8, 4) is 0 Å². The predicted octanol–water partition coefficient (Wildman–Crippen LogP) is 2.63. The van der Waals surface area contributed by atoms with Gasteiger partial charge in [0, 0.05) is 24.2 Å². The number of aryl methyl sites for hydroxylation is 2. The first-order valence-electron chi connectivity index (χ1n) is 9.60. The molecule has 1 fully saturated rings. The van der Waals surface area contributed by atoms with E-state index in [1.54, 1.807) is 17.0 Å². The number of carbonyl (C=O) groups excluding carboxylic acids is 3. The number of nitrogens with one attached hydrogen (secondary N) is 2. The van der Waals surface area contributed by atoms with Crippen molar-refractivity contribution in [2.75, 3.05) is 11.4 Å². The Kier molecular flexibility index (Phi) is 6.09. The maximum absolute atomic E-state index is 12.4. The molecule has 0 aromatic heterocycles. The zero-order chi connectivity index (χ0) is 20.1. The molecule has 6 nitrogen and oxygen atoms in total. The first kappa shape index (κ1) is 19.6. The third kappa shape index (κ3) is 4.39. The Hall–Kier alpha value is -3.15. The van der Waals surface area contributed by atoms with Gasteiger partial charge in [-0.3, -0.25) is 25.2 Å². The molecule has 1 atom stereocenters. The molecule has 0 unspecified atom stereocenters. The van der Waals surface area contributed by atoms with Crippen molar-refractivity contribution < 1.29 is 14.4 Å². The van der Waals surface area contributed by atoms with Gasteiger partial charge in [-0.15, -0.1) is 0 Å². The first-order valence-corrected chi connectivity index (χ1v) is 9.60. The van der Waals surface area contributed by atoms with Gasteiger partial charge in [0.05, 0.1) is 5.92 Å². The topological polar surface area (TPSA) is 78.5 Å². The molecule has 0 radical (unpaired) electrons. The second-order valence-corrected chi connectivity index (χ2v) is 6.92. The van der Waals surface area contributed by atoms with Gasteiger partial charge in [-0.2, -0.15) is 0 Å². The van der Waals surface area contributed by atoms with E-state index in [0.29, 0.717) is 12.1 Å². The van der Waals surface area contributed by atoms with Gasteiger partial charge in [0.1, 0.15) is 0 Å². The lowest BCUT2D eigenvalue weighted by atomic mass is 10.1. The quantitative estimate of drug-likeness (QED) is 0.784. The minimum Gasteiger partial charge on any atom is -0.312 e. The summed E-state index contributed by atoms with van der Waals surface area (Å²) in [6.07, 6.45) is 1.95. The van der Waals surface area contributed by atoms with E-state index in [1.165, 1.54) is 5.56 Å². The molecule has 3 rings (SSSR count). The third-order valence-corrected chi connectivity index (χ3v) is 5.08. The molecule has 146 valence electrons. The summed E-state index contributed by atoms with van der Waals surface area (Å²) in [7, 11) is 0. The molecule has 2 N–H and O–H groups in total. The van der Waals surface area contributed by atoms with E-state index in [0.717, 1.165) is 24.1 Å². The SMILES string of the molecule is CCc1ccc(C(=O)NNC(=O)[C@H]2CC(=O)N(c3ccc(CC)cc3)C2)cc1. The van der Waals surface area contributed by atoms with E-state index in [4.69, 9.17) is 0 Å². The summed E-state index contributed by atoms with van der Waals surface area (Å²) in [5.41, 5.74) is 8.46. The number of benzene rings is 2. The van der Waals surface area contributed by atoms with Crippen molar-refractivity contribution in [1.82, 2.24) is 10.9 Å². The molecule has 1 aliphatic rings. The zero-order valence-corrected chi connectivity index (χ0v) is 16.2. The van der Waals surface area contributed by atoms with Crippen LogP contribution in [-0.4, -0.2) is 24.3 Å². The number of hydrogen-bond acceptors (Lipinski definition) is 3. The maximum atomic E-state index is 12.4. The molecule has 3 amide bonds. The normalized spacial score (nSPS) is 16.1. The van der Waals surface area contributed by atoms with Crippen molar-refractivity contribution in [2.45, 2.75) is 33.1 Å². The molecule has 1 heterocycles. The number of amides is 3. The van der Waals surface area contributed by atoms with E-state index in [9.17, 15) is 14.4 Å². The smallest absolute Gasteiger partial charge is 0.269 e. The Morgan fingerprint density at radius 2 is 1.50 bits per heavy atom. The van der Waals surface area contributed by atoms with Crippen LogP contribution in [-0.2, 0) is 22.4 Å². The Morgan fingerprint density at radius 3 is 2.07 bits per heavy atom. The highest BCUT2D eigenvalue weighted by molar-refractivity contribution is 6.01. The van der Waals surface area contributed by atoms with Crippen LogP contribution in [0.5, 0.6) is 0 Å². The van der Waals surface area contributed by atoms with Crippen LogP contribution in [0.3, 0.4) is 0 Å². The Bertz CT molecular complexity index is 860. The minimum atomic E-state index is -0.499. The number of nitrogens with zero attached hydrogens (tertiary/aromatic N) is 1. The van der Waals surface area contributed by atoms with Crippen LogP contribution in [0.4, 0.5) is 5.69 Å². The lowest BCUT2D eigenvalue weighted by Gasteiger charge is -2.17. The molecule has 0 bridgehead atoms. The van der Waals surface area contributed by atoms with Crippen molar-refractivity contribution in [3.05, 3.63) is 65.2 Å². The van der Waals surface area contributed by atoms with Gasteiger partial charge in [-0.1, -0.05) is 38.1 Å². The fourth-order valence-electron chi connectivity index (χ4n) is 3.23. The largest absolute Gasteiger partial charge is 0.312 e. The molecule has 28 heavy (non-hydrogen) atoms. The maximum Gasteiger partial charge on any atom is 0.269 e. The standard InChI is InChI=1S/C22H25N3O3/c1-3-15-5-9-17(10-6-15)21(27)23-24-22(28)18-13-20(26)25(14-18)19-11-7-16(4-2)8-12-19/h5-12,18H,3-4,13-14H2,1-2H3,(H,23,27)(H,24,28)/t18-/m0/s1. The predicted molar refractivity (Wildman–Crippen MR) is 108 cm³/mol. The number of carbonyl (C=O) groups is 3. The molecular formula is C22H25N3O3. The summed E-state index contributed by atoms with van der Waals surface area (Å²) in [5, 5.41) is 0. The fourth-order valence-corrected chi connectivity index (χ4v) is 3.23. The number of anilines is 1. The summed E-state index contributed by atoms with van der Waals surface area (Å²) in [6, 6.07) is 15.0. The van der Waals surface area contributed by atoms with Crippen LogP contribution >= 0.6 is 0 Å². The summed E-state index contributed by atoms with van der Waals surface area (Å²) in [6.45, 7) is 4.42. The van der Waals surface area contributed by atoms with Gasteiger partial charge in [0.2, 0.25) is 11.8 Å². The van der Waals surface area contributed by atoms with E-state index in [2.05, 4.69) is 17.8 Å². The van der Waals surface area contributed by atoms with Gasteiger partial charge in [-0.25, -0.2) is 0 Å². The molecule has 2 aromatic carbocycles. The summed E-state index contributed by atoms with van der Waals surface area (Å²) in [4.78, 5) is 38.5. The van der Waals surface area contributed by atoms with Gasteiger partial charge in [0.25, 0.3) is 5.91 Å². The van der Waals surface area contributed by atoms with Gasteiger partial charge < -0.3 is 4.90 Å². The average molecular weight is 379 g/mol.